The number of rotatable bonds is 13. The zero-order valence-electron chi connectivity index (χ0n) is 34.7. The molecule has 0 aliphatic carbocycles. The molecule has 1 amide bonds. The Hall–Kier alpha value is -4.94. The summed E-state index contributed by atoms with van der Waals surface area (Å²) in [6.07, 6.45) is 3.11. The van der Waals surface area contributed by atoms with Crippen LogP contribution in [0.2, 0.25) is 10.0 Å². The van der Waals surface area contributed by atoms with Gasteiger partial charge in [0.2, 0.25) is 0 Å². The Morgan fingerprint density at radius 2 is 1.64 bits per heavy atom. The molecular formula is C45H51Cl2N7O4. The molecule has 3 aromatic carbocycles. The maximum absolute atomic E-state index is 15.2. The molecule has 1 aliphatic heterocycles. The lowest BCUT2D eigenvalue weighted by molar-refractivity contribution is 0.0696. The van der Waals surface area contributed by atoms with E-state index in [2.05, 4.69) is 42.4 Å². The summed E-state index contributed by atoms with van der Waals surface area (Å²) in [5.74, 6) is 0.313. The van der Waals surface area contributed by atoms with Crippen molar-refractivity contribution in [3.63, 3.8) is 0 Å². The van der Waals surface area contributed by atoms with E-state index in [4.69, 9.17) is 37.9 Å². The highest BCUT2D eigenvalue weighted by Crippen LogP contribution is 2.45. The van der Waals surface area contributed by atoms with E-state index in [1.807, 2.05) is 69.8 Å². The highest BCUT2D eigenvalue weighted by atomic mass is 35.5. The number of hydrogen-bond donors (Lipinski definition) is 1. The Balaban J connectivity index is 1.35. The van der Waals surface area contributed by atoms with Gasteiger partial charge in [-0.3, -0.25) is 9.69 Å². The molecule has 6 aromatic rings. The minimum Gasteiger partial charge on any atom is -0.494 e. The second kappa shape index (κ2) is 16.4. The van der Waals surface area contributed by atoms with E-state index in [0.29, 0.717) is 54.3 Å². The topological polar surface area (TPSA) is 109 Å². The van der Waals surface area contributed by atoms with Crippen molar-refractivity contribution in [1.82, 2.24) is 28.9 Å². The second-order valence-electron chi connectivity index (χ2n) is 16.0. The molecule has 0 bridgehead atoms. The summed E-state index contributed by atoms with van der Waals surface area (Å²) in [6, 6.07) is 12.7. The average Bonchev–Trinajstić information content (AvgIpc) is 3.67. The molecule has 1 atom stereocenters. The molecule has 0 saturated heterocycles. The molecule has 11 nitrogen and oxygen atoms in total. The van der Waals surface area contributed by atoms with Gasteiger partial charge < -0.3 is 28.8 Å². The van der Waals surface area contributed by atoms with Crippen molar-refractivity contribution in [2.24, 2.45) is 7.05 Å². The first kappa shape index (κ1) is 41.2. The molecule has 0 fully saturated rings. The number of carbonyl (C=O) groups is 2. The molecule has 1 unspecified atom stereocenters. The van der Waals surface area contributed by atoms with E-state index < -0.39 is 5.97 Å². The number of fused-ring (bicyclic) bond motifs is 4. The minimum absolute atomic E-state index is 0.162. The van der Waals surface area contributed by atoms with Crippen LogP contribution in [0.4, 0.5) is 5.69 Å². The summed E-state index contributed by atoms with van der Waals surface area (Å²) < 4.78 is 10.3. The van der Waals surface area contributed by atoms with Crippen molar-refractivity contribution >= 4 is 62.6 Å². The Morgan fingerprint density at radius 1 is 0.948 bits per heavy atom. The van der Waals surface area contributed by atoms with E-state index in [9.17, 15) is 9.90 Å². The van der Waals surface area contributed by atoms with Crippen LogP contribution >= 0.6 is 23.2 Å². The third-order valence-corrected chi connectivity index (χ3v) is 12.1. The SMILES string of the molecule is Cc1cc(OCCCc2c3n(c4c(-c5c(C)nc(CN(C)CCN(C)C)nc5C)c(Cl)ccc24)C(C)CN(c2cn(C)c4ccc(C(=O)O)cc24)C3=O)cc(C)c1Cl. The summed E-state index contributed by atoms with van der Waals surface area (Å²) in [6.45, 7) is 13.3. The van der Waals surface area contributed by atoms with E-state index in [1.54, 1.807) is 23.1 Å². The van der Waals surface area contributed by atoms with Gasteiger partial charge in [-0.15, -0.1) is 0 Å². The van der Waals surface area contributed by atoms with Gasteiger partial charge in [-0.25, -0.2) is 14.8 Å². The number of amides is 1. The first-order valence-electron chi connectivity index (χ1n) is 19.6. The number of anilines is 1. The van der Waals surface area contributed by atoms with Gasteiger partial charge in [-0.05, 0) is 122 Å². The number of likely N-dealkylation sites (N-methyl/N-ethyl adjacent to an activating group) is 2. The molecule has 13 heteroatoms. The summed E-state index contributed by atoms with van der Waals surface area (Å²) in [5, 5.41) is 12.8. The predicted octanol–water partition coefficient (Wildman–Crippen LogP) is 9.06. The van der Waals surface area contributed by atoms with Gasteiger partial charge >= 0.3 is 5.97 Å². The van der Waals surface area contributed by atoms with Gasteiger partial charge in [-0.2, -0.15) is 0 Å². The van der Waals surface area contributed by atoms with E-state index in [-0.39, 0.29) is 17.5 Å². The molecule has 4 heterocycles. The lowest BCUT2D eigenvalue weighted by atomic mass is 9.97. The highest BCUT2D eigenvalue weighted by Gasteiger charge is 2.37. The summed E-state index contributed by atoms with van der Waals surface area (Å²) >= 11 is 13.7. The quantitative estimate of drug-likeness (QED) is 0.115. The maximum Gasteiger partial charge on any atom is 0.335 e. The van der Waals surface area contributed by atoms with Crippen LogP contribution < -0.4 is 9.64 Å². The molecule has 0 spiro atoms. The maximum atomic E-state index is 15.2. The van der Waals surface area contributed by atoms with Crippen molar-refractivity contribution in [2.75, 3.05) is 52.3 Å². The molecular weight excluding hydrogens is 773 g/mol. The number of ether oxygens (including phenoxy) is 1. The Bertz CT molecular complexity index is 2550. The average molecular weight is 825 g/mol. The first-order valence-corrected chi connectivity index (χ1v) is 20.4. The van der Waals surface area contributed by atoms with Gasteiger partial charge in [0, 0.05) is 82.7 Å². The molecule has 7 rings (SSSR count). The number of hydrogen-bond acceptors (Lipinski definition) is 7. The number of halogens is 2. The third-order valence-electron chi connectivity index (χ3n) is 11.2. The van der Waals surface area contributed by atoms with Crippen molar-refractivity contribution < 1.29 is 19.4 Å². The number of aromatic carboxylic acids is 1. The van der Waals surface area contributed by atoms with E-state index in [1.165, 1.54) is 0 Å². The summed E-state index contributed by atoms with van der Waals surface area (Å²) in [4.78, 5) is 43.4. The van der Waals surface area contributed by atoms with Crippen molar-refractivity contribution in [1.29, 1.82) is 0 Å². The van der Waals surface area contributed by atoms with Crippen LogP contribution in [-0.2, 0) is 20.0 Å². The van der Waals surface area contributed by atoms with Gasteiger partial charge in [-0.1, -0.05) is 29.3 Å². The zero-order valence-corrected chi connectivity index (χ0v) is 36.2. The number of aryl methyl sites for hydroxylation is 6. The fourth-order valence-electron chi connectivity index (χ4n) is 8.43. The molecule has 1 N–H and O–H groups in total. The van der Waals surface area contributed by atoms with E-state index >= 15 is 4.79 Å². The number of nitrogens with zero attached hydrogens (tertiary/aromatic N) is 7. The Morgan fingerprint density at radius 3 is 2.29 bits per heavy atom. The zero-order chi connectivity index (χ0) is 41.7. The van der Waals surface area contributed by atoms with Gasteiger partial charge in [0.05, 0.1) is 34.9 Å². The highest BCUT2D eigenvalue weighted by molar-refractivity contribution is 6.35. The fraction of sp³-hybridized carbons (Fsp3) is 0.378. The lowest BCUT2D eigenvalue weighted by Gasteiger charge is -2.34. The monoisotopic (exact) mass is 823 g/mol. The third kappa shape index (κ3) is 7.68. The molecule has 3 aromatic heterocycles. The normalized spacial score (nSPS) is 14.4. The first-order chi connectivity index (χ1) is 27.5. The molecule has 0 saturated carbocycles. The second-order valence-corrected chi connectivity index (χ2v) is 16.8. The fourth-order valence-corrected chi connectivity index (χ4v) is 8.79. The van der Waals surface area contributed by atoms with E-state index in [0.717, 1.165) is 85.3 Å². The van der Waals surface area contributed by atoms with Crippen LogP contribution in [-0.4, -0.2) is 93.3 Å². The largest absolute Gasteiger partial charge is 0.494 e. The smallest absolute Gasteiger partial charge is 0.335 e. The lowest BCUT2D eigenvalue weighted by Crippen LogP contribution is -2.42. The minimum atomic E-state index is -1.02. The predicted molar refractivity (Wildman–Crippen MR) is 233 cm³/mol. The van der Waals surface area contributed by atoms with Crippen molar-refractivity contribution in [2.45, 2.75) is 60.0 Å². The number of carboxylic acid groups (broad SMARTS) is 1. The van der Waals surface area contributed by atoms with Gasteiger partial charge in [0.1, 0.15) is 17.3 Å². The van der Waals surface area contributed by atoms with Crippen LogP contribution in [0.3, 0.4) is 0 Å². The number of benzene rings is 3. The molecule has 58 heavy (non-hydrogen) atoms. The Labute approximate surface area is 349 Å². The molecule has 0 radical (unpaired) electrons. The van der Waals surface area contributed by atoms with Crippen molar-refractivity contribution in [3.8, 4) is 16.9 Å². The number of carboxylic acids is 1. The van der Waals surface area contributed by atoms with Crippen LogP contribution in [0.5, 0.6) is 5.75 Å². The molecule has 1 aliphatic rings. The molecule has 304 valence electrons. The summed E-state index contributed by atoms with van der Waals surface area (Å²) in [5.41, 5.74) is 9.24. The number of carbonyl (C=O) groups excluding carboxylic acids is 1. The standard InChI is InChI=1S/C45H51Cl2N7O4/c1-25-19-31(20-26(2)41(25)47)58-18-10-11-32-33-13-14-35(46)40(39-28(4)48-38(49-29(39)5)24-51(8)17-16-50(6)7)42(33)54-27(3)22-53(44(55)43(32)54)37-23-52(9)36-15-12-30(45(56)57)21-34(36)37/h12-15,19-21,23,27H,10-11,16-18,22,24H2,1-9H3,(H,56,57). The van der Waals surface area contributed by atoms with Crippen LogP contribution in [0, 0.1) is 27.7 Å². The van der Waals surface area contributed by atoms with Gasteiger partial charge in [0.15, 0.2) is 0 Å². The Kier molecular flexibility index (Phi) is 11.6. The summed E-state index contributed by atoms with van der Waals surface area (Å²) in [7, 11) is 8.11. The number of aromatic nitrogens is 4. The van der Waals surface area contributed by atoms with Crippen molar-refractivity contribution in [3.05, 3.63) is 104 Å². The van der Waals surface area contributed by atoms with Crippen LogP contribution in [0.15, 0.2) is 48.7 Å². The van der Waals surface area contributed by atoms with Gasteiger partial charge in [0.25, 0.3) is 5.91 Å². The van der Waals surface area contributed by atoms with Crippen LogP contribution in [0.1, 0.15) is 74.1 Å². The van der Waals surface area contributed by atoms with Crippen LogP contribution in [0.25, 0.3) is 32.9 Å².